The Morgan fingerprint density at radius 3 is 2.92 bits per heavy atom. The number of aryl methyl sites for hydroxylation is 2. The molecule has 2 aliphatic rings. The number of fused-ring (bicyclic) bond motifs is 1. The number of nitrogens with zero attached hydrogens (tertiary/aromatic N) is 3. The molecule has 0 radical (unpaired) electrons. The van der Waals surface area contributed by atoms with Crippen LogP contribution in [0.5, 0.6) is 0 Å². The molecule has 1 aromatic carbocycles. The lowest BCUT2D eigenvalue weighted by atomic mass is 9.90. The van der Waals surface area contributed by atoms with Crippen molar-refractivity contribution in [2.24, 2.45) is 5.92 Å². The summed E-state index contributed by atoms with van der Waals surface area (Å²) in [6, 6.07) is 8.19. The van der Waals surface area contributed by atoms with Crippen LogP contribution < -0.4 is 0 Å². The van der Waals surface area contributed by atoms with Crippen molar-refractivity contribution < 1.29 is 9.53 Å². The maximum Gasteiger partial charge on any atom is 0.253 e. The van der Waals surface area contributed by atoms with E-state index in [0.717, 1.165) is 30.5 Å². The number of hydrogen-bond donors (Lipinski definition) is 0. The van der Waals surface area contributed by atoms with E-state index in [1.807, 2.05) is 17.0 Å². The zero-order valence-electron chi connectivity index (χ0n) is 15.1. The number of aromatic nitrogens is 2. The molecule has 0 spiro atoms. The van der Waals surface area contributed by atoms with E-state index in [1.54, 1.807) is 12.5 Å². The van der Waals surface area contributed by atoms with Crippen molar-refractivity contribution in [1.82, 2.24) is 14.9 Å². The van der Waals surface area contributed by atoms with Gasteiger partial charge in [-0.05, 0) is 61.4 Å². The van der Waals surface area contributed by atoms with E-state index in [-0.39, 0.29) is 11.8 Å². The first-order chi connectivity index (χ1) is 12.8. The standard InChI is InChI=1S/C21H25N3O2/c25-21(19-6-5-17-3-1-2-4-18(17)12-19)24-9-10-26-14-16(13-24)11-20-7-8-22-15-23-20/h5-8,12,15-16H,1-4,9-11,13-14H2. The van der Waals surface area contributed by atoms with E-state index in [2.05, 4.69) is 22.1 Å². The maximum atomic E-state index is 13.1. The lowest BCUT2D eigenvalue weighted by Crippen LogP contribution is -2.36. The fourth-order valence-electron chi connectivity index (χ4n) is 3.97. The minimum absolute atomic E-state index is 0.122. The molecule has 26 heavy (non-hydrogen) atoms. The Balaban J connectivity index is 1.47. The van der Waals surface area contributed by atoms with Crippen LogP contribution in [0.25, 0.3) is 0 Å². The van der Waals surface area contributed by atoms with Gasteiger partial charge in [-0.2, -0.15) is 0 Å². The van der Waals surface area contributed by atoms with Gasteiger partial charge in [0.15, 0.2) is 0 Å². The summed E-state index contributed by atoms with van der Waals surface area (Å²) in [4.78, 5) is 23.3. The van der Waals surface area contributed by atoms with Gasteiger partial charge < -0.3 is 9.64 Å². The first kappa shape index (κ1) is 17.2. The molecule has 1 saturated heterocycles. The Labute approximate surface area is 154 Å². The summed E-state index contributed by atoms with van der Waals surface area (Å²) in [6.07, 6.45) is 8.85. The van der Waals surface area contributed by atoms with Gasteiger partial charge in [0.25, 0.3) is 5.91 Å². The van der Waals surface area contributed by atoms with Gasteiger partial charge in [-0.1, -0.05) is 6.07 Å². The zero-order valence-corrected chi connectivity index (χ0v) is 15.1. The highest BCUT2D eigenvalue weighted by Crippen LogP contribution is 2.23. The molecule has 0 N–H and O–H groups in total. The number of benzene rings is 1. The number of carbonyl (C=O) groups is 1. The number of hydrogen-bond acceptors (Lipinski definition) is 4. The molecule has 136 valence electrons. The summed E-state index contributed by atoms with van der Waals surface area (Å²) >= 11 is 0. The van der Waals surface area contributed by atoms with E-state index in [0.29, 0.717) is 26.3 Å². The van der Waals surface area contributed by atoms with Crippen LogP contribution in [0.3, 0.4) is 0 Å². The molecule has 1 unspecified atom stereocenters. The van der Waals surface area contributed by atoms with Crippen molar-refractivity contribution in [3.63, 3.8) is 0 Å². The van der Waals surface area contributed by atoms with Crippen LogP contribution in [0.1, 0.15) is 40.0 Å². The molecule has 1 aliphatic carbocycles. The molecular formula is C21H25N3O2. The Hall–Kier alpha value is -2.27. The van der Waals surface area contributed by atoms with Crippen LogP contribution in [0.15, 0.2) is 36.8 Å². The lowest BCUT2D eigenvalue weighted by molar-refractivity contribution is 0.0737. The van der Waals surface area contributed by atoms with Gasteiger partial charge in [-0.3, -0.25) is 4.79 Å². The van der Waals surface area contributed by atoms with Gasteiger partial charge in [0.05, 0.1) is 13.2 Å². The van der Waals surface area contributed by atoms with Crippen molar-refractivity contribution in [1.29, 1.82) is 0 Å². The average Bonchev–Trinajstić information content (AvgIpc) is 2.93. The van der Waals surface area contributed by atoms with Crippen LogP contribution in [0, 0.1) is 5.92 Å². The van der Waals surface area contributed by atoms with E-state index >= 15 is 0 Å². The van der Waals surface area contributed by atoms with Crippen molar-refractivity contribution in [2.45, 2.75) is 32.1 Å². The Morgan fingerprint density at radius 1 is 1.19 bits per heavy atom. The van der Waals surface area contributed by atoms with Gasteiger partial charge >= 0.3 is 0 Å². The van der Waals surface area contributed by atoms with E-state index in [4.69, 9.17) is 4.74 Å². The van der Waals surface area contributed by atoms with Gasteiger partial charge in [-0.15, -0.1) is 0 Å². The van der Waals surface area contributed by atoms with Crippen molar-refractivity contribution >= 4 is 5.91 Å². The summed E-state index contributed by atoms with van der Waals surface area (Å²) < 4.78 is 5.75. The summed E-state index contributed by atoms with van der Waals surface area (Å²) in [5.41, 5.74) is 4.57. The second-order valence-corrected chi connectivity index (χ2v) is 7.29. The minimum atomic E-state index is 0.122. The van der Waals surface area contributed by atoms with Crippen LogP contribution >= 0.6 is 0 Å². The van der Waals surface area contributed by atoms with E-state index in [9.17, 15) is 4.79 Å². The van der Waals surface area contributed by atoms with Gasteiger partial charge in [0.2, 0.25) is 0 Å². The molecule has 2 aromatic rings. The van der Waals surface area contributed by atoms with Gasteiger partial charge in [0, 0.05) is 36.5 Å². The third kappa shape index (κ3) is 3.93. The topological polar surface area (TPSA) is 55.3 Å². The number of rotatable bonds is 3. The normalized spacial score (nSPS) is 20.3. The van der Waals surface area contributed by atoms with Crippen LogP contribution in [0.2, 0.25) is 0 Å². The molecule has 0 saturated carbocycles. The SMILES string of the molecule is O=C(c1ccc2c(c1)CCCC2)N1CCOCC(Cc2ccncn2)C1. The summed E-state index contributed by atoms with van der Waals surface area (Å²) in [6.45, 7) is 2.62. The molecule has 5 nitrogen and oxygen atoms in total. The number of amides is 1. The Morgan fingerprint density at radius 2 is 2.08 bits per heavy atom. The highest BCUT2D eigenvalue weighted by Gasteiger charge is 2.24. The summed E-state index contributed by atoms with van der Waals surface area (Å²) in [5, 5.41) is 0. The second-order valence-electron chi connectivity index (χ2n) is 7.29. The number of carbonyl (C=O) groups excluding carboxylic acids is 1. The highest BCUT2D eigenvalue weighted by atomic mass is 16.5. The molecule has 5 heteroatoms. The maximum absolute atomic E-state index is 13.1. The average molecular weight is 351 g/mol. The van der Waals surface area contributed by atoms with E-state index in [1.165, 1.54) is 24.0 Å². The predicted octanol–water partition coefficient (Wildman–Crippen LogP) is 2.69. The monoisotopic (exact) mass is 351 g/mol. The molecular weight excluding hydrogens is 326 g/mol. The Kier molecular flexibility index (Phi) is 5.25. The predicted molar refractivity (Wildman–Crippen MR) is 99.0 cm³/mol. The summed E-state index contributed by atoms with van der Waals surface area (Å²) in [5.74, 6) is 0.380. The molecule has 1 atom stereocenters. The van der Waals surface area contributed by atoms with Crippen molar-refractivity contribution in [3.05, 3.63) is 59.2 Å². The first-order valence-corrected chi connectivity index (χ1v) is 9.53. The van der Waals surface area contributed by atoms with Crippen LogP contribution in [-0.2, 0) is 24.0 Å². The van der Waals surface area contributed by atoms with E-state index < -0.39 is 0 Å². The zero-order chi connectivity index (χ0) is 17.8. The molecule has 2 heterocycles. The molecule has 0 bridgehead atoms. The highest BCUT2D eigenvalue weighted by molar-refractivity contribution is 5.94. The quantitative estimate of drug-likeness (QED) is 0.853. The summed E-state index contributed by atoms with van der Waals surface area (Å²) in [7, 11) is 0. The van der Waals surface area contributed by atoms with Crippen molar-refractivity contribution in [2.75, 3.05) is 26.3 Å². The molecule has 1 aromatic heterocycles. The van der Waals surface area contributed by atoms with Crippen molar-refractivity contribution in [3.8, 4) is 0 Å². The van der Waals surface area contributed by atoms with Gasteiger partial charge in [-0.25, -0.2) is 9.97 Å². The second kappa shape index (κ2) is 7.96. The first-order valence-electron chi connectivity index (χ1n) is 9.53. The lowest BCUT2D eigenvalue weighted by Gasteiger charge is -2.24. The Bertz CT molecular complexity index is 763. The van der Waals surface area contributed by atoms with Gasteiger partial charge in [0.1, 0.15) is 6.33 Å². The third-order valence-corrected chi connectivity index (χ3v) is 5.36. The number of ether oxygens (including phenoxy) is 1. The minimum Gasteiger partial charge on any atom is -0.379 e. The van der Waals surface area contributed by atoms with Crippen LogP contribution in [-0.4, -0.2) is 47.1 Å². The molecule has 1 fully saturated rings. The largest absolute Gasteiger partial charge is 0.379 e. The smallest absolute Gasteiger partial charge is 0.253 e. The molecule has 1 amide bonds. The fourth-order valence-corrected chi connectivity index (χ4v) is 3.97. The molecule has 1 aliphatic heterocycles. The fraction of sp³-hybridized carbons (Fsp3) is 0.476. The third-order valence-electron chi connectivity index (χ3n) is 5.36. The van der Waals surface area contributed by atoms with Crippen LogP contribution in [0.4, 0.5) is 0 Å². The molecule has 4 rings (SSSR count).